The van der Waals surface area contributed by atoms with Gasteiger partial charge in [0.2, 0.25) is 12.7 Å². The van der Waals surface area contributed by atoms with Crippen molar-refractivity contribution in [3.63, 3.8) is 0 Å². The second-order valence-electron chi connectivity index (χ2n) is 6.49. The molecule has 0 aliphatic carbocycles. The Bertz CT molecular complexity index is 832. The number of thioether (sulfide) groups is 1. The number of hydrogen-bond acceptors (Lipinski definition) is 4. The Morgan fingerprint density at radius 3 is 2.77 bits per heavy atom. The first-order chi connectivity index (χ1) is 12.7. The molecule has 4 rings (SSSR count). The van der Waals surface area contributed by atoms with Crippen LogP contribution in [0.25, 0.3) is 6.08 Å². The number of benzene rings is 2. The predicted octanol–water partition coefficient (Wildman–Crippen LogP) is 4.17. The lowest BCUT2D eigenvalue weighted by molar-refractivity contribution is -0.124. The van der Waals surface area contributed by atoms with E-state index in [-0.39, 0.29) is 12.7 Å². The number of carbonyl (C=O) groups excluding carboxylic acids is 1. The van der Waals surface area contributed by atoms with Crippen LogP contribution in [-0.2, 0) is 4.79 Å². The summed E-state index contributed by atoms with van der Waals surface area (Å²) in [6.07, 6.45) is 6.59. The van der Waals surface area contributed by atoms with Gasteiger partial charge in [-0.15, -0.1) is 11.8 Å². The maximum Gasteiger partial charge on any atom is 0.246 e. The number of fused-ring (bicyclic) bond motifs is 1. The first-order valence-electron chi connectivity index (χ1n) is 8.73. The maximum absolute atomic E-state index is 12.5. The van der Waals surface area contributed by atoms with Crippen LogP contribution in [0.2, 0.25) is 0 Å². The van der Waals surface area contributed by atoms with Crippen molar-refractivity contribution in [2.24, 2.45) is 0 Å². The Labute approximate surface area is 157 Å². The molecule has 0 N–H and O–H groups in total. The minimum absolute atomic E-state index is 0.0715. The normalized spacial score (nSPS) is 18.7. The van der Waals surface area contributed by atoms with Crippen LogP contribution < -0.4 is 9.47 Å². The van der Waals surface area contributed by atoms with Gasteiger partial charge in [0.05, 0.1) is 0 Å². The molecule has 134 valence electrons. The van der Waals surface area contributed by atoms with Crippen molar-refractivity contribution in [1.82, 2.24) is 4.90 Å². The molecule has 2 aliphatic heterocycles. The molecule has 5 heteroatoms. The number of carbonyl (C=O) groups is 1. The lowest BCUT2D eigenvalue weighted by Gasteiger charge is -2.15. The average Bonchev–Trinajstić information content (AvgIpc) is 3.35. The lowest BCUT2D eigenvalue weighted by Crippen LogP contribution is -2.26. The van der Waals surface area contributed by atoms with Gasteiger partial charge in [0, 0.05) is 30.0 Å². The quantitative estimate of drug-likeness (QED) is 0.601. The van der Waals surface area contributed by atoms with Crippen LogP contribution in [0.1, 0.15) is 23.5 Å². The van der Waals surface area contributed by atoms with Crippen LogP contribution in [-0.4, -0.2) is 36.9 Å². The monoisotopic (exact) mass is 367 g/mol. The minimum atomic E-state index is 0.0715. The van der Waals surface area contributed by atoms with Crippen LogP contribution in [0.3, 0.4) is 0 Å². The number of rotatable bonds is 4. The van der Waals surface area contributed by atoms with Crippen LogP contribution in [0.15, 0.2) is 53.4 Å². The summed E-state index contributed by atoms with van der Waals surface area (Å²) in [5.74, 6) is 2.03. The molecule has 1 unspecified atom stereocenters. The molecule has 2 aliphatic rings. The molecule has 0 saturated carbocycles. The molecule has 1 amide bonds. The van der Waals surface area contributed by atoms with Gasteiger partial charge in [-0.3, -0.25) is 4.79 Å². The van der Waals surface area contributed by atoms with Crippen molar-refractivity contribution < 1.29 is 14.3 Å². The summed E-state index contributed by atoms with van der Waals surface area (Å²) in [5.41, 5.74) is 2.25. The third-order valence-corrected chi connectivity index (χ3v) is 5.65. The highest BCUT2D eigenvalue weighted by molar-refractivity contribution is 7.98. The molecular weight excluding hydrogens is 346 g/mol. The Kier molecular flexibility index (Phi) is 4.89. The third-order valence-electron chi connectivity index (χ3n) is 4.90. The average molecular weight is 367 g/mol. The second-order valence-corrected chi connectivity index (χ2v) is 7.37. The Balaban J connectivity index is 1.38. The fraction of sp³-hybridized carbons (Fsp3) is 0.286. The maximum atomic E-state index is 12.5. The second kappa shape index (κ2) is 7.46. The van der Waals surface area contributed by atoms with Gasteiger partial charge >= 0.3 is 0 Å². The minimum Gasteiger partial charge on any atom is -0.454 e. The van der Waals surface area contributed by atoms with E-state index in [9.17, 15) is 4.79 Å². The molecule has 2 aromatic carbocycles. The van der Waals surface area contributed by atoms with Gasteiger partial charge in [-0.2, -0.15) is 0 Å². The molecule has 0 spiro atoms. The standard InChI is InChI=1S/C21H21NO3S/c1-26-18-6-2-15(3-7-18)4-9-21(23)22-11-10-17(13-22)16-5-8-19-20(12-16)25-14-24-19/h2-9,12,17H,10-11,13-14H2,1H3. The molecule has 1 fully saturated rings. The zero-order valence-electron chi connectivity index (χ0n) is 14.7. The summed E-state index contributed by atoms with van der Waals surface area (Å²) >= 11 is 1.71. The van der Waals surface area contributed by atoms with Crippen LogP contribution >= 0.6 is 11.8 Å². The van der Waals surface area contributed by atoms with Gasteiger partial charge in [-0.05, 0) is 54.1 Å². The first-order valence-corrected chi connectivity index (χ1v) is 9.96. The fourth-order valence-corrected chi connectivity index (χ4v) is 3.80. The van der Waals surface area contributed by atoms with Crippen molar-refractivity contribution in [2.75, 3.05) is 26.1 Å². The van der Waals surface area contributed by atoms with Gasteiger partial charge in [0.25, 0.3) is 0 Å². The summed E-state index contributed by atoms with van der Waals surface area (Å²) < 4.78 is 10.8. The smallest absolute Gasteiger partial charge is 0.246 e. The van der Waals surface area contributed by atoms with Gasteiger partial charge in [0.1, 0.15) is 0 Å². The van der Waals surface area contributed by atoms with E-state index in [0.29, 0.717) is 5.92 Å². The largest absolute Gasteiger partial charge is 0.454 e. The zero-order chi connectivity index (χ0) is 17.9. The van der Waals surface area contributed by atoms with E-state index in [4.69, 9.17) is 9.47 Å². The molecule has 0 bridgehead atoms. The number of amides is 1. The molecule has 0 aromatic heterocycles. The number of likely N-dealkylation sites (tertiary alicyclic amines) is 1. The predicted molar refractivity (Wildman–Crippen MR) is 104 cm³/mol. The number of nitrogens with zero attached hydrogens (tertiary/aromatic N) is 1. The highest BCUT2D eigenvalue weighted by Crippen LogP contribution is 2.37. The molecule has 1 atom stereocenters. The van der Waals surface area contributed by atoms with Crippen molar-refractivity contribution in [3.05, 3.63) is 59.7 Å². The summed E-state index contributed by atoms with van der Waals surface area (Å²) in [5, 5.41) is 0. The van der Waals surface area contributed by atoms with Gasteiger partial charge < -0.3 is 14.4 Å². The van der Waals surface area contributed by atoms with E-state index in [1.165, 1.54) is 10.5 Å². The van der Waals surface area contributed by atoms with Crippen molar-refractivity contribution in [3.8, 4) is 11.5 Å². The number of ether oxygens (including phenoxy) is 2. The Morgan fingerprint density at radius 1 is 1.15 bits per heavy atom. The topological polar surface area (TPSA) is 38.8 Å². The highest BCUT2D eigenvalue weighted by Gasteiger charge is 2.27. The summed E-state index contributed by atoms with van der Waals surface area (Å²) in [4.78, 5) is 15.6. The SMILES string of the molecule is CSc1ccc(C=CC(=O)N2CCC(c3ccc4c(c3)OCO4)C2)cc1. The zero-order valence-corrected chi connectivity index (χ0v) is 15.5. The van der Waals surface area contributed by atoms with Crippen LogP contribution in [0.4, 0.5) is 0 Å². The van der Waals surface area contributed by atoms with Gasteiger partial charge in [0.15, 0.2) is 11.5 Å². The Morgan fingerprint density at radius 2 is 1.96 bits per heavy atom. The van der Waals surface area contributed by atoms with Crippen molar-refractivity contribution in [2.45, 2.75) is 17.2 Å². The van der Waals surface area contributed by atoms with E-state index in [1.54, 1.807) is 17.8 Å². The number of hydrogen-bond donors (Lipinski definition) is 0. The molecule has 2 heterocycles. The summed E-state index contributed by atoms with van der Waals surface area (Å²) in [7, 11) is 0. The van der Waals surface area contributed by atoms with Crippen molar-refractivity contribution in [1.29, 1.82) is 0 Å². The molecular formula is C21H21NO3S. The third kappa shape index (κ3) is 3.58. The lowest BCUT2D eigenvalue weighted by atomic mass is 9.98. The molecule has 4 nitrogen and oxygen atoms in total. The Hall–Kier alpha value is -2.40. The summed E-state index contributed by atoms with van der Waals surface area (Å²) in [6.45, 7) is 1.82. The van der Waals surface area contributed by atoms with E-state index in [2.05, 4.69) is 24.5 Å². The van der Waals surface area contributed by atoms with Crippen LogP contribution in [0.5, 0.6) is 11.5 Å². The van der Waals surface area contributed by atoms with E-state index < -0.39 is 0 Å². The van der Waals surface area contributed by atoms with Crippen LogP contribution in [0, 0.1) is 0 Å². The first kappa shape index (κ1) is 17.0. The van der Waals surface area contributed by atoms with E-state index >= 15 is 0 Å². The van der Waals surface area contributed by atoms with Gasteiger partial charge in [-0.25, -0.2) is 0 Å². The van der Waals surface area contributed by atoms with E-state index in [0.717, 1.165) is 36.6 Å². The van der Waals surface area contributed by atoms with Gasteiger partial charge in [-0.1, -0.05) is 18.2 Å². The molecule has 0 radical (unpaired) electrons. The van der Waals surface area contributed by atoms with E-state index in [1.807, 2.05) is 35.2 Å². The highest BCUT2D eigenvalue weighted by atomic mass is 32.2. The molecule has 2 aromatic rings. The fourth-order valence-electron chi connectivity index (χ4n) is 3.39. The summed E-state index contributed by atoms with van der Waals surface area (Å²) in [6, 6.07) is 14.3. The molecule has 1 saturated heterocycles. The van der Waals surface area contributed by atoms with Crippen molar-refractivity contribution >= 4 is 23.7 Å². The molecule has 26 heavy (non-hydrogen) atoms.